The van der Waals surface area contributed by atoms with Crippen LogP contribution in [0.2, 0.25) is 4.63 Å². The summed E-state index contributed by atoms with van der Waals surface area (Å²) in [6.45, 7) is 25.9. The molecule has 3 aromatic carbocycles. The Bertz CT molecular complexity index is 1680. The Kier molecular flexibility index (Phi) is 9.77. The standard InChI is InChI=1S/C21H25.C10H15.C7H7.CH3.CH2.2ClH.Zr/c1-20(2,3)16-7-9-18-14(12-16)11-15-13-17(21(4,5)6)8-10-19(15)18;1-7(2)10-6-8(3)5-9(10)4;1-7-5-3-2-4-6-7;;;;;/h7-10,12H,11H2,1-6H3;6-8H,1-4H3;3-6H,1H3;1H3;1H2;2*1H;. The molecule has 3 aromatic rings. The molecule has 2 aliphatic carbocycles. The second-order valence-electron chi connectivity index (χ2n) is 16.0. The first-order valence-corrected chi connectivity index (χ1v) is 23.6. The summed E-state index contributed by atoms with van der Waals surface area (Å²) in [5.74, 6) is 0.900. The average molecular weight is 697 g/mol. The molecule has 0 N–H and O–H groups in total. The van der Waals surface area contributed by atoms with E-state index in [1.807, 2.05) is 0 Å². The van der Waals surface area contributed by atoms with Gasteiger partial charge in [0.1, 0.15) is 0 Å². The first kappa shape index (κ1) is 35.9. The van der Waals surface area contributed by atoms with Crippen molar-refractivity contribution in [2.24, 2.45) is 11.8 Å². The number of rotatable bonds is 4. The van der Waals surface area contributed by atoms with Crippen molar-refractivity contribution in [2.75, 3.05) is 0 Å². The Labute approximate surface area is 275 Å². The minimum atomic E-state index is -4.46. The van der Waals surface area contributed by atoms with Crippen LogP contribution in [0.4, 0.5) is 0 Å². The fourth-order valence-electron chi connectivity index (χ4n) is 8.30. The van der Waals surface area contributed by atoms with E-state index < -0.39 is 18.3 Å². The van der Waals surface area contributed by atoms with Crippen LogP contribution in [0.25, 0.3) is 11.1 Å². The van der Waals surface area contributed by atoms with Crippen molar-refractivity contribution in [3.63, 3.8) is 0 Å². The Morgan fingerprint density at radius 3 is 1.91 bits per heavy atom. The quantitative estimate of drug-likeness (QED) is 0.199. The number of allylic oxidation sites excluding steroid dienone is 4. The SMILES string of the molecule is Cl.Cl.[CH2]=[Zr]([CH3])([C]1=C(C)C(C(C)C)=CC1C)([c]1ccc(C)cc1)[c]1c(C(C)(C)C)ccc2c1Cc1cc(C(C)(C)C)ccc1-2. The number of hydrogen-bond acceptors (Lipinski definition) is 0. The van der Waals surface area contributed by atoms with Gasteiger partial charge in [-0.25, -0.2) is 0 Å². The van der Waals surface area contributed by atoms with Crippen LogP contribution in [0.3, 0.4) is 0 Å². The molecule has 0 saturated carbocycles. The monoisotopic (exact) mass is 694 g/mol. The van der Waals surface area contributed by atoms with E-state index >= 15 is 0 Å². The summed E-state index contributed by atoms with van der Waals surface area (Å²) in [5, 5.41) is 0. The molecule has 3 heteroatoms. The van der Waals surface area contributed by atoms with Gasteiger partial charge in [-0.05, 0) is 0 Å². The molecule has 0 heterocycles. The van der Waals surface area contributed by atoms with Crippen LogP contribution in [0.5, 0.6) is 0 Å². The van der Waals surface area contributed by atoms with Gasteiger partial charge in [0.05, 0.1) is 0 Å². The summed E-state index contributed by atoms with van der Waals surface area (Å²) < 4.78 is 13.1. The molecule has 0 radical (unpaired) electrons. The van der Waals surface area contributed by atoms with Gasteiger partial charge in [-0.3, -0.25) is 0 Å². The Balaban J connectivity index is 0.00000253. The second-order valence-corrected chi connectivity index (χ2v) is 29.9. The van der Waals surface area contributed by atoms with Gasteiger partial charge in [0.25, 0.3) is 0 Å². The van der Waals surface area contributed by atoms with Crippen LogP contribution in [0, 0.1) is 18.8 Å². The van der Waals surface area contributed by atoms with E-state index in [0.717, 1.165) is 6.42 Å². The van der Waals surface area contributed by atoms with E-state index in [9.17, 15) is 0 Å². The van der Waals surface area contributed by atoms with Crippen LogP contribution >= 0.6 is 24.8 Å². The summed E-state index contributed by atoms with van der Waals surface area (Å²) in [6.07, 6.45) is 3.56. The van der Waals surface area contributed by atoms with Crippen molar-refractivity contribution in [3.8, 4) is 11.1 Å². The van der Waals surface area contributed by atoms with Crippen LogP contribution in [0.1, 0.15) is 97.1 Å². The Morgan fingerprint density at radius 1 is 0.814 bits per heavy atom. The van der Waals surface area contributed by atoms with E-state index in [4.69, 9.17) is 4.21 Å². The molecule has 1 unspecified atom stereocenters. The zero-order valence-corrected chi connectivity index (χ0v) is 32.7. The summed E-state index contributed by atoms with van der Waals surface area (Å²) in [6, 6.07) is 21.7. The van der Waals surface area contributed by atoms with Crippen molar-refractivity contribution in [1.29, 1.82) is 0 Å². The maximum absolute atomic E-state index is 5.64. The minimum absolute atomic E-state index is 0. The molecular weight excluding hydrogens is 643 g/mol. The third kappa shape index (κ3) is 5.71. The molecule has 0 saturated heterocycles. The third-order valence-electron chi connectivity index (χ3n) is 10.3. The molecule has 0 bridgehead atoms. The number of benzene rings is 3. The third-order valence-corrected chi connectivity index (χ3v) is 25.3. The molecule has 5 rings (SSSR count). The fourth-order valence-corrected chi connectivity index (χ4v) is 24.6. The first-order chi connectivity index (χ1) is 18.8. The summed E-state index contributed by atoms with van der Waals surface area (Å²) in [4.78, 5) is 0. The predicted octanol–water partition coefficient (Wildman–Crippen LogP) is 10.6. The molecule has 2 aliphatic rings. The van der Waals surface area contributed by atoms with Gasteiger partial charge in [-0.15, -0.1) is 24.8 Å². The van der Waals surface area contributed by atoms with Crippen molar-refractivity contribution >= 4 is 35.6 Å². The van der Waals surface area contributed by atoms with E-state index in [2.05, 4.69) is 141 Å². The molecule has 0 spiro atoms. The normalized spacial score (nSPS) is 16.9. The number of fused-ring (bicyclic) bond motifs is 3. The van der Waals surface area contributed by atoms with Crippen LogP contribution in [-0.4, -0.2) is 4.21 Å². The van der Waals surface area contributed by atoms with E-state index in [0.29, 0.717) is 11.8 Å². The summed E-state index contributed by atoms with van der Waals surface area (Å²) in [5.41, 5.74) is 13.3. The summed E-state index contributed by atoms with van der Waals surface area (Å²) in [7, 11) is 0. The van der Waals surface area contributed by atoms with Crippen molar-refractivity contribution in [2.45, 2.75) is 98.0 Å². The zero-order chi connectivity index (χ0) is 30.3. The molecule has 0 fully saturated rings. The zero-order valence-electron chi connectivity index (χ0n) is 28.7. The maximum atomic E-state index is 5.64. The molecule has 0 aromatic heterocycles. The van der Waals surface area contributed by atoms with Crippen molar-refractivity contribution in [1.82, 2.24) is 0 Å². The number of halogens is 2. The summed E-state index contributed by atoms with van der Waals surface area (Å²) >= 11 is -4.46. The van der Waals surface area contributed by atoms with Gasteiger partial charge >= 0.3 is 253 Å². The second kappa shape index (κ2) is 11.7. The first-order valence-electron chi connectivity index (χ1n) is 15.7. The Morgan fingerprint density at radius 2 is 1.40 bits per heavy atom. The van der Waals surface area contributed by atoms with Gasteiger partial charge in [-0.1, -0.05) is 0 Å². The van der Waals surface area contributed by atoms with Crippen LogP contribution in [0.15, 0.2) is 75.1 Å². The average Bonchev–Trinajstić information content (AvgIpc) is 3.39. The van der Waals surface area contributed by atoms with Gasteiger partial charge in [-0.2, -0.15) is 0 Å². The topological polar surface area (TPSA) is 0 Å². The molecule has 0 nitrogen and oxygen atoms in total. The predicted molar refractivity (Wildman–Crippen MR) is 195 cm³/mol. The Hall–Kier alpha value is -1.53. The van der Waals surface area contributed by atoms with Crippen molar-refractivity contribution < 1.29 is 18.3 Å². The van der Waals surface area contributed by atoms with E-state index in [1.165, 1.54) is 47.8 Å². The van der Waals surface area contributed by atoms with Gasteiger partial charge in [0.2, 0.25) is 0 Å². The van der Waals surface area contributed by atoms with Crippen molar-refractivity contribution in [3.05, 3.63) is 103 Å². The number of aryl methyl sites for hydroxylation is 1. The molecule has 43 heavy (non-hydrogen) atoms. The molecule has 232 valence electrons. The molecule has 0 aliphatic heterocycles. The molecular formula is C40H54Cl2Zr. The fraction of sp³-hybridized carbons (Fsp3) is 0.425. The van der Waals surface area contributed by atoms with E-state index in [-0.39, 0.29) is 35.6 Å². The molecule has 0 amide bonds. The molecule has 1 atom stereocenters. The van der Waals surface area contributed by atoms with E-state index in [1.54, 1.807) is 12.1 Å². The number of hydrogen-bond donors (Lipinski definition) is 0. The van der Waals surface area contributed by atoms with Gasteiger partial charge in [0.15, 0.2) is 0 Å². The van der Waals surface area contributed by atoms with Crippen LogP contribution < -0.4 is 6.54 Å². The van der Waals surface area contributed by atoms with Gasteiger partial charge < -0.3 is 0 Å². The van der Waals surface area contributed by atoms with Gasteiger partial charge in [0, 0.05) is 0 Å². The van der Waals surface area contributed by atoms with Crippen LogP contribution in [-0.2, 0) is 35.5 Å².